The Morgan fingerprint density at radius 2 is 2.19 bits per heavy atom. The van der Waals surface area contributed by atoms with Gasteiger partial charge in [0, 0.05) is 18.5 Å². The lowest BCUT2D eigenvalue weighted by molar-refractivity contribution is 0.100. The number of fused-ring (bicyclic) bond motifs is 1. The molecule has 1 saturated heterocycles. The van der Waals surface area contributed by atoms with Crippen molar-refractivity contribution in [1.82, 2.24) is 14.9 Å². The third-order valence-corrected chi connectivity index (χ3v) is 4.99. The molecule has 2 aliphatic rings. The standard InChI is InChI=1S/C16H20N4O/c17-15(21)12-5-2-6-13-14(12)19-16(18-13)10-7-8-20(9-10)11-3-1-4-11/h2,5-6,10-11H,1,3-4,7-9H2,(H2,17,21)(H,18,19). The molecule has 21 heavy (non-hydrogen) atoms. The van der Waals surface area contributed by atoms with Gasteiger partial charge in [0.05, 0.1) is 11.1 Å². The summed E-state index contributed by atoms with van der Waals surface area (Å²) in [7, 11) is 0. The van der Waals surface area contributed by atoms with Crippen LogP contribution in [-0.4, -0.2) is 39.9 Å². The third kappa shape index (κ3) is 2.12. The Labute approximate surface area is 123 Å². The van der Waals surface area contributed by atoms with Crippen molar-refractivity contribution < 1.29 is 4.79 Å². The average Bonchev–Trinajstić information content (AvgIpc) is 3.01. The largest absolute Gasteiger partial charge is 0.366 e. The van der Waals surface area contributed by atoms with E-state index in [0.29, 0.717) is 17.0 Å². The van der Waals surface area contributed by atoms with Crippen molar-refractivity contribution >= 4 is 16.9 Å². The first kappa shape index (κ1) is 12.8. The number of aromatic amines is 1. The molecule has 2 heterocycles. The van der Waals surface area contributed by atoms with E-state index in [2.05, 4.69) is 14.9 Å². The molecular weight excluding hydrogens is 264 g/mol. The highest BCUT2D eigenvalue weighted by Crippen LogP contribution is 2.33. The first-order chi connectivity index (χ1) is 10.2. The lowest BCUT2D eigenvalue weighted by Crippen LogP contribution is -2.38. The Morgan fingerprint density at radius 1 is 1.33 bits per heavy atom. The van der Waals surface area contributed by atoms with E-state index in [1.807, 2.05) is 12.1 Å². The van der Waals surface area contributed by atoms with E-state index in [9.17, 15) is 4.79 Å². The Morgan fingerprint density at radius 3 is 2.90 bits per heavy atom. The predicted molar refractivity (Wildman–Crippen MR) is 81.2 cm³/mol. The fourth-order valence-electron chi connectivity index (χ4n) is 3.54. The quantitative estimate of drug-likeness (QED) is 0.905. The summed E-state index contributed by atoms with van der Waals surface area (Å²) < 4.78 is 0. The van der Waals surface area contributed by atoms with Gasteiger partial charge >= 0.3 is 0 Å². The Hall–Kier alpha value is -1.88. The predicted octanol–water partition coefficient (Wildman–Crippen LogP) is 2.00. The summed E-state index contributed by atoms with van der Waals surface area (Å²) in [5.74, 6) is 1.03. The number of carbonyl (C=O) groups excluding carboxylic acids is 1. The number of imidazole rings is 1. The van der Waals surface area contributed by atoms with Crippen LogP contribution >= 0.6 is 0 Å². The first-order valence-electron chi connectivity index (χ1n) is 7.75. The number of primary amides is 1. The lowest BCUT2D eigenvalue weighted by Gasteiger charge is -2.34. The van der Waals surface area contributed by atoms with Gasteiger partial charge in [-0.1, -0.05) is 12.5 Å². The molecule has 1 unspecified atom stereocenters. The van der Waals surface area contributed by atoms with Gasteiger partial charge in [0.1, 0.15) is 11.3 Å². The fourth-order valence-corrected chi connectivity index (χ4v) is 3.54. The Kier molecular flexibility index (Phi) is 2.96. The van der Waals surface area contributed by atoms with Crippen LogP contribution in [0.5, 0.6) is 0 Å². The second-order valence-electron chi connectivity index (χ2n) is 6.25. The highest BCUT2D eigenvalue weighted by Gasteiger charge is 2.33. The van der Waals surface area contributed by atoms with Crippen molar-refractivity contribution in [1.29, 1.82) is 0 Å². The van der Waals surface area contributed by atoms with Crippen molar-refractivity contribution in [3.63, 3.8) is 0 Å². The van der Waals surface area contributed by atoms with E-state index in [0.717, 1.165) is 36.9 Å². The maximum atomic E-state index is 11.5. The van der Waals surface area contributed by atoms with Gasteiger partial charge in [0.15, 0.2) is 0 Å². The summed E-state index contributed by atoms with van der Waals surface area (Å²) in [6.45, 7) is 2.24. The number of hydrogen-bond acceptors (Lipinski definition) is 3. The summed E-state index contributed by atoms with van der Waals surface area (Å²) in [4.78, 5) is 22.1. The molecule has 0 bridgehead atoms. The molecule has 0 radical (unpaired) electrons. The van der Waals surface area contributed by atoms with Crippen LogP contribution in [0.15, 0.2) is 18.2 Å². The number of benzene rings is 1. The van der Waals surface area contributed by atoms with Crippen LogP contribution in [0.3, 0.4) is 0 Å². The molecule has 1 aromatic carbocycles. The number of amides is 1. The van der Waals surface area contributed by atoms with E-state index in [4.69, 9.17) is 5.73 Å². The molecule has 4 rings (SSSR count). The number of rotatable bonds is 3. The smallest absolute Gasteiger partial charge is 0.250 e. The number of nitrogens with one attached hydrogen (secondary N) is 1. The number of likely N-dealkylation sites (tertiary alicyclic amines) is 1. The van der Waals surface area contributed by atoms with Gasteiger partial charge in [-0.15, -0.1) is 0 Å². The Bertz CT molecular complexity index is 689. The molecule has 5 heteroatoms. The molecule has 2 aromatic rings. The van der Waals surface area contributed by atoms with Gasteiger partial charge in [-0.2, -0.15) is 0 Å². The number of carbonyl (C=O) groups is 1. The van der Waals surface area contributed by atoms with Crippen LogP contribution in [0, 0.1) is 0 Å². The summed E-state index contributed by atoms with van der Waals surface area (Å²) in [5, 5.41) is 0. The van der Waals surface area contributed by atoms with Gasteiger partial charge in [-0.05, 0) is 37.9 Å². The van der Waals surface area contributed by atoms with E-state index in [1.165, 1.54) is 19.3 Å². The van der Waals surface area contributed by atoms with Crippen molar-refractivity contribution in [2.45, 2.75) is 37.6 Å². The van der Waals surface area contributed by atoms with Crippen LogP contribution in [0.2, 0.25) is 0 Å². The van der Waals surface area contributed by atoms with Crippen molar-refractivity contribution in [2.24, 2.45) is 5.73 Å². The minimum atomic E-state index is -0.416. The molecule has 0 spiro atoms. The lowest BCUT2D eigenvalue weighted by atomic mass is 9.92. The maximum Gasteiger partial charge on any atom is 0.250 e. The van der Waals surface area contributed by atoms with Crippen molar-refractivity contribution in [3.05, 3.63) is 29.6 Å². The Balaban J connectivity index is 1.62. The van der Waals surface area contributed by atoms with Crippen LogP contribution in [0.25, 0.3) is 11.0 Å². The van der Waals surface area contributed by atoms with Crippen molar-refractivity contribution in [3.8, 4) is 0 Å². The highest BCUT2D eigenvalue weighted by molar-refractivity contribution is 6.04. The van der Waals surface area contributed by atoms with E-state index in [-0.39, 0.29) is 0 Å². The average molecular weight is 284 g/mol. The van der Waals surface area contributed by atoms with Crippen molar-refractivity contribution in [2.75, 3.05) is 13.1 Å². The zero-order valence-corrected chi connectivity index (χ0v) is 12.0. The number of para-hydroxylation sites is 1. The van der Waals surface area contributed by atoms with Gasteiger partial charge in [0.25, 0.3) is 5.91 Å². The molecule has 1 amide bonds. The van der Waals surface area contributed by atoms with Gasteiger partial charge in [-0.3, -0.25) is 9.69 Å². The normalized spacial score (nSPS) is 23.5. The van der Waals surface area contributed by atoms with Crippen LogP contribution in [-0.2, 0) is 0 Å². The summed E-state index contributed by atoms with van der Waals surface area (Å²) in [5.41, 5.74) is 7.55. The van der Waals surface area contributed by atoms with Gasteiger partial charge in [0.2, 0.25) is 0 Å². The highest BCUT2D eigenvalue weighted by atomic mass is 16.1. The molecule has 1 atom stereocenters. The number of nitrogens with zero attached hydrogens (tertiary/aromatic N) is 2. The molecule has 1 aromatic heterocycles. The topological polar surface area (TPSA) is 75.0 Å². The van der Waals surface area contributed by atoms with Crippen LogP contribution in [0.4, 0.5) is 0 Å². The first-order valence-corrected chi connectivity index (χ1v) is 7.75. The fraction of sp³-hybridized carbons (Fsp3) is 0.500. The minimum Gasteiger partial charge on any atom is -0.366 e. The summed E-state index contributed by atoms with van der Waals surface area (Å²) in [6.07, 6.45) is 5.21. The van der Waals surface area contributed by atoms with Crippen LogP contribution in [0.1, 0.15) is 47.8 Å². The summed E-state index contributed by atoms with van der Waals surface area (Å²) in [6, 6.07) is 6.34. The van der Waals surface area contributed by atoms with E-state index < -0.39 is 5.91 Å². The molecule has 1 aliphatic carbocycles. The number of aromatic nitrogens is 2. The summed E-state index contributed by atoms with van der Waals surface area (Å²) >= 11 is 0. The molecule has 2 fully saturated rings. The number of H-pyrrole nitrogens is 1. The molecule has 1 aliphatic heterocycles. The number of hydrogen-bond donors (Lipinski definition) is 2. The second-order valence-corrected chi connectivity index (χ2v) is 6.25. The van der Waals surface area contributed by atoms with Gasteiger partial charge < -0.3 is 10.7 Å². The van der Waals surface area contributed by atoms with E-state index in [1.54, 1.807) is 6.07 Å². The second kappa shape index (κ2) is 4.84. The van der Waals surface area contributed by atoms with E-state index >= 15 is 0 Å². The third-order valence-electron chi connectivity index (χ3n) is 4.99. The zero-order valence-electron chi connectivity index (χ0n) is 12.0. The SMILES string of the molecule is NC(=O)c1cccc2[nH]c(C3CCN(C4CCC4)C3)nc12. The monoisotopic (exact) mass is 284 g/mol. The molecule has 110 valence electrons. The molecule has 5 nitrogen and oxygen atoms in total. The molecule has 1 saturated carbocycles. The molecular formula is C16H20N4O. The minimum absolute atomic E-state index is 0.416. The van der Waals surface area contributed by atoms with Gasteiger partial charge in [-0.25, -0.2) is 4.98 Å². The molecule has 3 N–H and O–H groups in total. The van der Waals surface area contributed by atoms with Crippen LogP contribution < -0.4 is 5.73 Å². The number of nitrogens with two attached hydrogens (primary N) is 1. The zero-order chi connectivity index (χ0) is 14.4. The maximum absolute atomic E-state index is 11.5.